The zero-order chi connectivity index (χ0) is 16.0. The predicted octanol–water partition coefficient (Wildman–Crippen LogP) is 4.62. The maximum absolute atomic E-state index is 12.6. The molecule has 0 aliphatic heterocycles. The lowest BCUT2D eigenvalue weighted by Crippen LogP contribution is -2.14. The molecule has 2 aromatic heterocycles. The van der Waals surface area contributed by atoms with E-state index < -0.39 is 0 Å². The Morgan fingerprint density at radius 2 is 2.17 bits per heavy atom. The van der Waals surface area contributed by atoms with Crippen LogP contribution in [0.5, 0.6) is 0 Å². The quantitative estimate of drug-likeness (QED) is 0.818. The molecule has 1 unspecified atom stereocenters. The highest BCUT2D eigenvalue weighted by atomic mass is 32.1. The third-order valence-corrected chi connectivity index (χ3v) is 6.42. The first-order valence-electron chi connectivity index (χ1n) is 8.53. The van der Waals surface area contributed by atoms with Crippen LogP contribution in [0, 0.1) is 5.92 Å². The van der Waals surface area contributed by atoms with Crippen molar-refractivity contribution >= 4 is 27.1 Å². The molecular weight excluding hydrogens is 304 g/mol. The third-order valence-electron chi connectivity index (χ3n) is 5.24. The molecule has 0 radical (unpaired) electrons. The van der Waals surface area contributed by atoms with Crippen LogP contribution < -0.4 is 5.56 Å². The van der Waals surface area contributed by atoms with Gasteiger partial charge in [0.1, 0.15) is 10.7 Å². The van der Waals surface area contributed by atoms with Crippen LogP contribution in [0.15, 0.2) is 23.0 Å². The maximum atomic E-state index is 12.6. The topological polar surface area (TPSA) is 45.8 Å². The van der Waals surface area contributed by atoms with Crippen LogP contribution in [0.1, 0.15) is 55.3 Å². The second kappa shape index (κ2) is 5.75. The molecule has 4 heteroatoms. The van der Waals surface area contributed by atoms with Crippen LogP contribution in [0.3, 0.4) is 0 Å². The monoisotopic (exact) mass is 326 g/mol. The molecule has 0 aromatic carbocycles. The van der Waals surface area contributed by atoms with E-state index in [1.54, 1.807) is 11.3 Å². The van der Waals surface area contributed by atoms with Crippen molar-refractivity contribution in [2.45, 2.75) is 51.9 Å². The van der Waals surface area contributed by atoms with Gasteiger partial charge in [-0.05, 0) is 68.9 Å². The van der Waals surface area contributed by atoms with E-state index in [4.69, 9.17) is 4.98 Å². The number of hydrogen-bond donors (Lipinski definition) is 1. The number of aromatic amines is 1. The van der Waals surface area contributed by atoms with Gasteiger partial charge in [-0.3, -0.25) is 4.79 Å². The number of nitrogens with one attached hydrogen (secondary N) is 1. The first-order valence-corrected chi connectivity index (χ1v) is 9.34. The number of H-pyrrole nitrogens is 1. The first-order chi connectivity index (χ1) is 11.1. The molecule has 1 atom stereocenters. The largest absolute Gasteiger partial charge is 0.306 e. The van der Waals surface area contributed by atoms with E-state index >= 15 is 0 Å². The smallest absolute Gasteiger partial charge is 0.260 e. The van der Waals surface area contributed by atoms with Gasteiger partial charge in [-0.25, -0.2) is 4.98 Å². The van der Waals surface area contributed by atoms with Crippen molar-refractivity contribution in [1.29, 1.82) is 0 Å². The van der Waals surface area contributed by atoms with E-state index in [2.05, 4.69) is 24.6 Å². The Labute approximate surface area is 140 Å². The van der Waals surface area contributed by atoms with Gasteiger partial charge in [-0.2, -0.15) is 0 Å². The summed E-state index contributed by atoms with van der Waals surface area (Å²) in [4.78, 5) is 22.8. The van der Waals surface area contributed by atoms with E-state index in [-0.39, 0.29) is 5.56 Å². The lowest BCUT2D eigenvalue weighted by atomic mass is 9.85. The molecule has 23 heavy (non-hydrogen) atoms. The number of thiophene rings is 1. The first kappa shape index (κ1) is 14.9. The van der Waals surface area contributed by atoms with Crippen molar-refractivity contribution in [3.05, 3.63) is 44.8 Å². The Kier molecular flexibility index (Phi) is 3.72. The van der Waals surface area contributed by atoms with Gasteiger partial charge in [-0.15, -0.1) is 11.3 Å². The van der Waals surface area contributed by atoms with E-state index in [0.29, 0.717) is 5.92 Å². The number of aryl methyl sites for hydroxylation is 2. The van der Waals surface area contributed by atoms with E-state index in [0.717, 1.165) is 48.1 Å². The molecule has 3 nitrogen and oxygen atoms in total. The Balaban J connectivity index is 1.75. The standard InChI is InChI=1S/C19H22N2OS/c1-11(2)12-7-9-13(10-8-12)17-20-18(22)16-14-5-3-4-6-15(14)23-19(16)21-17/h9,12H,1,3-8,10H2,2H3,(H,20,21,22). The van der Waals surface area contributed by atoms with Crippen molar-refractivity contribution in [3.63, 3.8) is 0 Å². The third kappa shape index (κ3) is 2.59. The fourth-order valence-electron chi connectivity index (χ4n) is 3.81. The zero-order valence-electron chi connectivity index (χ0n) is 13.6. The molecular formula is C19H22N2OS. The Morgan fingerprint density at radius 1 is 1.35 bits per heavy atom. The van der Waals surface area contributed by atoms with Gasteiger partial charge in [0.05, 0.1) is 5.39 Å². The van der Waals surface area contributed by atoms with Crippen LogP contribution in [-0.2, 0) is 12.8 Å². The minimum atomic E-state index is 0.0484. The molecule has 2 heterocycles. The number of hydrogen-bond acceptors (Lipinski definition) is 3. The van der Waals surface area contributed by atoms with Crippen molar-refractivity contribution in [2.75, 3.05) is 0 Å². The van der Waals surface area contributed by atoms with Crippen LogP contribution in [-0.4, -0.2) is 9.97 Å². The Morgan fingerprint density at radius 3 is 2.91 bits per heavy atom. The van der Waals surface area contributed by atoms with Gasteiger partial charge in [0.15, 0.2) is 0 Å². The van der Waals surface area contributed by atoms with Gasteiger partial charge in [0.25, 0.3) is 5.56 Å². The van der Waals surface area contributed by atoms with Gasteiger partial charge in [0.2, 0.25) is 0 Å². The summed E-state index contributed by atoms with van der Waals surface area (Å²) in [5.41, 5.74) is 3.75. The molecule has 2 aliphatic carbocycles. The summed E-state index contributed by atoms with van der Waals surface area (Å²) in [5, 5.41) is 0.852. The summed E-state index contributed by atoms with van der Waals surface area (Å²) in [5.74, 6) is 1.35. The summed E-state index contributed by atoms with van der Waals surface area (Å²) in [6.07, 6.45) is 9.87. The maximum Gasteiger partial charge on any atom is 0.260 e. The molecule has 4 rings (SSSR count). The summed E-state index contributed by atoms with van der Waals surface area (Å²) >= 11 is 1.73. The number of allylic oxidation sites excluding steroid dienone is 3. The molecule has 0 saturated carbocycles. The molecule has 0 spiro atoms. The Hall–Kier alpha value is -1.68. The lowest BCUT2D eigenvalue weighted by Gasteiger charge is -2.21. The van der Waals surface area contributed by atoms with E-state index in [1.165, 1.54) is 34.4 Å². The molecule has 2 aromatic rings. The minimum absolute atomic E-state index is 0.0484. The normalized spacial score (nSPS) is 21.1. The summed E-state index contributed by atoms with van der Waals surface area (Å²) in [6.45, 7) is 6.17. The molecule has 0 saturated heterocycles. The van der Waals surface area contributed by atoms with Crippen LogP contribution in [0.2, 0.25) is 0 Å². The van der Waals surface area contributed by atoms with Crippen LogP contribution in [0.25, 0.3) is 15.8 Å². The summed E-state index contributed by atoms with van der Waals surface area (Å²) in [7, 11) is 0. The average Bonchev–Trinajstić information content (AvgIpc) is 2.93. The average molecular weight is 326 g/mol. The number of rotatable bonds is 2. The highest BCUT2D eigenvalue weighted by molar-refractivity contribution is 7.18. The van der Waals surface area contributed by atoms with Crippen molar-refractivity contribution in [1.82, 2.24) is 9.97 Å². The van der Waals surface area contributed by atoms with Crippen LogP contribution in [0.4, 0.5) is 0 Å². The fourth-order valence-corrected chi connectivity index (χ4v) is 5.07. The van der Waals surface area contributed by atoms with E-state index in [1.807, 2.05) is 0 Å². The highest BCUT2D eigenvalue weighted by Crippen LogP contribution is 2.35. The molecule has 2 aliphatic rings. The zero-order valence-corrected chi connectivity index (χ0v) is 14.4. The molecule has 0 fully saturated rings. The predicted molar refractivity (Wildman–Crippen MR) is 97.0 cm³/mol. The van der Waals surface area contributed by atoms with E-state index in [9.17, 15) is 4.79 Å². The second-order valence-electron chi connectivity index (χ2n) is 6.85. The lowest BCUT2D eigenvalue weighted by molar-refractivity contribution is 0.560. The minimum Gasteiger partial charge on any atom is -0.306 e. The number of aromatic nitrogens is 2. The van der Waals surface area contributed by atoms with Gasteiger partial charge in [0, 0.05) is 4.88 Å². The molecule has 0 bridgehead atoms. The van der Waals surface area contributed by atoms with Gasteiger partial charge < -0.3 is 4.98 Å². The molecule has 120 valence electrons. The van der Waals surface area contributed by atoms with Crippen LogP contribution >= 0.6 is 11.3 Å². The molecule has 0 amide bonds. The fraction of sp³-hybridized carbons (Fsp3) is 0.474. The Bertz CT molecular complexity index is 871. The van der Waals surface area contributed by atoms with Gasteiger partial charge in [-0.1, -0.05) is 18.2 Å². The second-order valence-corrected chi connectivity index (χ2v) is 7.94. The van der Waals surface area contributed by atoms with Crippen molar-refractivity contribution in [2.24, 2.45) is 5.92 Å². The molecule has 1 N–H and O–H groups in total. The van der Waals surface area contributed by atoms with Crippen molar-refractivity contribution < 1.29 is 0 Å². The van der Waals surface area contributed by atoms with Crippen molar-refractivity contribution in [3.8, 4) is 0 Å². The summed E-state index contributed by atoms with van der Waals surface area (Å²) in [6, 6.07) is 0. The SMILES string of the molecule is C=C(C)C1CC=C(c2nc3sc4c(c3c(=O)[nH]2)CCCC4)CC1. The van der Waals surface area contributed by atoms with Gasteiger partial charge >= 0.3 is 0 Å². The number of nitrogens with zero attached hydrogens (tertiary/aromatic N) is 1. The summed E-state index contributed by atoms with van der Waals surface area (Å²) < 4.78 is 0. The number of fused-ring (bicyclic) bond motifs is 3. The highest BCUT2D eigenvalue weighted by Gasteiger charge is 2.22.